The lowest BCUT2D eigenvalue weighted by Crippen LogP contribution is -2.57. The number of aromatic nitrogens is 2. The summed E-state index contributed by atoms with van der Waals surface area (Å²) < 4.78 is 5.27. The maximum atomic E-state index is 12.4. The highest BCUT2D eigenvalue weighted by molar-refractivity contribution is 7.99. The quantitative estimate of drug-likeness (QED) is 0.426. The molecule has 7 heteroatoms. The second-order valence-corrected chi connectivity index (χ2v) is 5.99. The van der Waals surface area contributed by atoms with E-state index in [1.54, 1.807) is 0 Å². The molecule has 1 heterocycles. The number of hydrogen-bond acceptors (Lipinski definition) is 6. The zero-order valence-electron chi connectivity index (χ0n) is 12.3. The number of carbonyl (C=O) groups is 1. The molecular weight excluding hydrogens is 290 g/mol. The zero-order chi connectivity index (χ0) is 15.3. The van der Waals surface area contributed by atoms with Crippen molar-refractivity contribution in [2.24, 2.45) is 5.92 Å². The first-order chi connectivity index (χ1) is 10.1. The van der Waals surface area contributed by atoms with Crippen molar-refractivity contribution in [3.8, 4) is 0 Å². The van der Waals surface area contributed by atoms with Gasteiger partial charge in [-0.05, 0) is 32.2 Å². The van der Waals surface area contributed by atoms with E-state index in [1.165, 1.54) is 24.0 Å². The third-order valence-electron chi connectivity index (χ3n) is 3.49. The van der Waals surface area contributed by atoms with Crippen LogP contribution < -0.4 is 10.9 Å². The Labute approximate surface area is 128 Å². The van der Waals surface area contributed by atoms with E-state index in [9.17, 15) is 9.59 Å². The lowest BCUT2D eigenvalue weighted by Gasteiger charge is -2.32. The standard InChI is InChI=1S/C14H21N3O3S/c1-3-16-14(10-5-6-10,12(19)20-4-2)9-21-13-15-8-7-11(18)17-13/h7-8,10,16H,3-6,9H2,1-2H3,(H,15,17,18). The van der Waals surface area contributed by atoms with Gasteiger partial charge in [-0.15, -0.1) is 0 Å². The minimum Gasteiger partial charge on any atom is -0.465 e. The molecule has 0 radical (unpaired) electrons. The van der Waals surface area contributed by atoms with Gasteiger partial charge in [0.2, 0.25) is 0 Å². The molecule has 0 bridgehead atoms. The lowest BCUT2D eigenvalue weighted by molar-refractivity contribution is -0.151. The molecule has 0 saturated heterocycles. The van der Waals surface area contributed by atoms with Crippen LogP contribution in [0.25, 0.3) is 0 Å². The molecule has 1 aromatic rings. The van der Waals surface area contributed by atoms with Gasteiger partial charge in [-0.1, -0.05) is 18.7 Å². The minimum atomic E-state index is -0.691. The summed E-state index contributed by atoms with van der Waals surface area (Å²) in [5.74, 6) is 0.580. The molecule has 1 aromatic heterocycles. The van der Waals surface area contributed by atoms with Gasteiger partial charge < -0.3 is 15.0 Å². The molecule has 2 rings (SSSR count). The van der Waals surface area contributed by atoms with E-state index in [-0.39, 0.29) is 11.5 Å². The Bertz CT molecular complexity index is 544. The van der Waals surface area contributed by atoms with Gasteiger partial charge in [-0.3, -0.25) is 9.59 Å². The van der Waals surface area contributed by atoms with Crippen molar-refractivity contribution in [3.05, 3.63) is 22.6 Å². The Morgan fingerprint density at radius 3 is 2.90 bits per heavy atom. The number of aromatic amines is 1. The topological polar surface area (TPSA) is 84.1 Å². The minimum absolute atomic E-state index is 0.191. The summed E-state index contributed by atoms with van der Waals surface area (Å²) in [4.78, 5) is 30.5. The number of carbonyl (C=O) groups excluding carboxylic acids is 1. The number of thioether (sulfide) groups is 1. The van der Waals surface area contributed by atoms with Crippen molar-refractivity contribution in [2.45, 2.75) is 37.4 Å². The third kappa shape index (κ3) is 3.85. The number of rotatable bonds is 8. The molecule has 0 spiro atoms. The number of H-pyrrole nitrogens is 1. The van der Waals surface area contributed by atoms with Gasteiger partial charge in [0.25, 0.3) is 5.56 Å². The first-order valence-corrected chi connectivity index (χ1v) is 8.21. The van der Waals surface area contributed by atoms with Gasteiger partial charge in [0.1, 0.15) is 5.54 Å². The first kappa shape index (κ1) is 16.0. The molecule has 1 atom stereocenters. The largest absolute Gasteiger partial charge is 0.465 e. The Kier molecular flexibility index (Phi) is 5.41. The summed E-state index contributed by atoms with van der Waals surface area (Å²) in [6, 6.07) is 1.37. The molecule has 1 aliphatic rings. The summed E-state index contributed by atoms with van der Waals surface area (Å²) in [7, 11) is 0. The van der Waals surface area contributed by atoms with Crippen LogP contribution in [0.1, 0.15) is 26.7 Å². The average molecular weight is 311 g/mol. The molecule has 1 unspecified atom stereocenters. The van der Waals surface area contributed by atoms with E-state index in [1.807, 2.05) is 13.8 Å². The van der Waals surface area contributed by atoms with E-state index in [4.69, 9.17) is 4.74 Å². The SMILES string of the molecule is CCNC(CSc1nccc(=O)[nH]1)(C(=O)OCC)C1CC1. The van der Waals surface area contributed by atoms with Crippen LogP contribution in [0.3, 0.4) is 0 Å². The predicted molar refractivity (Wildman–Crippen MR) is 81.3 cm³/mol. The van der Waals surface area contributed by atoms with Crippen LogP contribution in [0.4, 0.5) is 0 Å². The highest BCUT2D eigenvalue weighted by Crippen LogP contribution is 2.42. The molecule has 116 valence electrons. The monoisotopic (exact) mass is 311 g/mol. The molecule has 0 aromatic carbocycles. The second kappa shape index (κ2) is 7.09. The van der Waals surface area contributed by atoms with Crippen molar-refractivity contribution >= 4 is 17.7 Å². The van der Waals surface area contributed by atoms with Gasteiger partial charge in [0.15, 0.2) is 5.16 Å². The number of esters is 1. The molecular formula is C14H21N3O3S. The Balaban J connectivity index is 2.15. The van der Waals surface area contributed by atoms with E-state index < -0.39 is 5.54 Å². The normalized spacial score (nSPS) is 17.2. The van der Waals surface area contributed by atoms with Crippen LogP contribution in [-0.2, 0) is 9.53 Å². The number of nitrogens with one attached hydrogen (secondary N) is 2. The van der Waals surface area contributed by atoms with Crippen molar-refractivity contribution in [3.63, 3.8) is 0 Å². The summed E-state index contributed by atoms with van der Waals surface area (Å²) in [6.07, 6.45) is 3.51. The molecule has 21 heavy (non-hydrogen) atoms. The van der Waals surface area contributed by atoms with Gasteiger partial charge >= 0.3 is 5.97 Å². The van der Waals surface area contributed by atoms with Crippen molar-refractivity contribution < 1.29 is 9.53 Å². The second-order valence-electron chi connectivity index (χ2n) is 5.02. The zero-order valence-corrected chi connectivity index (χ0v) is 13.2. The highest BCUT2D eigenvalue weighted by Gasteiger charge is 2.51. The summed E-state index contributed by atoms with van der Waals surface area (Å²) in [6.45, 7) is 4.84. The molecule has 1 saturated carbocycles. The molecule has 0 amide bonds. The Morgan fingerprint density at radius 1 is 1.57 bits per heavy atom. The van der Waals surface area contributed by atoms with E-state index in [2.05, 4.69) is 15.3 Å². The third-order valence-corrected chi connectivity index (χ3v) is 4.57. The fourth-order valence-corrected chi connectivity index (χ4v) is 3.50. The maximum absolute atomic E-state index is 12.4. The van der Waals surface area contributed by atoms with Crippen LogP contribution in [0, 0.1) is 5.92 Å². The van der Waals surface area contributed by atoms with E-state index in [0.29, 0.717) is 30.0 Å². The average Bonchev–Trinajstić information content (AvgIpc) is 3.29. The van der Waals surface area contributed by atoms with Crippen LogP contribution >= 0.6 is 11.8 Å². The van der Waals surface area contributed by atoms with Crippen molar-refractivity contribution in [1.82, 2.24) is 15.3 Å². The number of hydrogen-bond donors (Lipinski definition) is 2. The first-order valence-electron chi connectivity index (χ1n) is 7.22. The van der Waals surface area contributed by atoms with E-state index >= 15 is 0 Å². The van der Waals surface area contributed by atoms with Gasteiger partial charge in [-0.2, -0.15) is 0 Å². The lowest BCUT2D eigenvalue weighted by atomic mass is 9.95. The van der Waals surface area contributed by atoms with E-state index in [0.717, 1.165) is 12.8 Å². The van der Waals surface area contributed by atoms with Gasteiger partial charge in [0.05, 0.1) is 6.61 Å². The highest BCUT2D eigenvalue weighted by atomic mass is 32.2. The van der Waals surface area contributed by atoms with Crippen LogP contribution in [0.2, 0.25) is 0 Å². The smallest absolute Gasteiger partial charge is 0.327 e. The van der Waals surface area contributed by atoms with Crippen LogP contribution in [0.15, 0.2) is 22.2 Å². The molecule has 2 N–H and O–H groups in total. The fraction of sp³-hybridized carbons (Fsp3) is 0.643. The molecule has 1 fully saturated rings. The number of ether oxygens (including phenoxy) is 1. The molecule has 1 aliphatic carbocycles. The summed E-state index contributed by atoms with van der Waals surface area (Å²) in [5, 5.41) is 3.84. The molecule has 6 nitrogen and oxygen atoms in total. The maximum Gasteiger partial charge on any atom is 0.327 e. The van der Waals surface area contributed by atoms with Crippen LogP contribution in [0.5, 0.6) is 0 Å². The summed E-state index contributed by atoms with van der Waals surface area (Å²) >= 11 is 1.37. The van der Waals surface area contributed by atoms with Crippen LogP contribution in [-0.4, -0.2) is 40.4 Å². The van der Waals surface area contributed by atoms with Gasteiger partial charge in [0, 0.05) is 18.0 Å². The number of likely N-dealkylation sites (N-methyl/N-ethyl adjacent to an activating group) is 1. The fourth-order valence-electron chi connectivity index (χ4n) is 2.37. The Morgan fingerprint density at radius 2 is 2.33 bits per heavy atom. The summed E-state index contributed by atoms with van der Waals surface area (Å²) in [5.41, 5.74) is -0.881. The number of nitrogens with zero attached hydrogens (tertiary/aromatic N) is 1. The van der Waals surface area contributed by atoms with Crippen molar-refractivity contribution in [2.75, 3.05) is 18.9 Å². The van der Waals surface area contributed by atoms with Crippen molar-refractivity contribution in [1.29, 1.82) is 0 Å². The predicted octanol–water partition coefficient (Wildman–Crippen LogP) is 1.18. The Hall–Kier alpha value is -1.34. The molecule has 0 aliphatic heterocycles. The van der Waals surface area contributed by atoms with Gasteiger partial charge in [-0.25, -0.2) is 4.98 Å².